The third-order valence-electron chi connectivity index (χ3n) is 1.45. The first-order valence-electron chi connectivity index (χ1n) is 3.53. The molecule has 0 N–H and O–H groups in total. The molecule has 0 unspecified atom stereocenters. The van der Waals surface area contributed by atoms with Gasteiger partial charge in [0.1, 0.15) is 0 Å². The Morgan fingerprint density at radius 2 is 1.78 bits per heavy atom. The van der Waals surface area contributed by atoms with E-state index in [2.05, 4.69) is 26.9 Å². The predicted molar refractivity (Wildman–Crippen MR) is 44.1 cm³/mol. The Hall–Kier alpha value is 0.177. The lowest BCUT2D eigenvalue weighted by Crippen LogP contribution is -2.29. The van der Waals surface area contributed by atoms with Crippen LogP contribution < -0.4 is 0 Å². The van der Waals surface area contributed by atoms with Gasteiger partial charge in [0.15, 0.2) is 8.32 Å². The number of rotatable bonds is 3. The normalized spacial score (nSPS) is 12.7. The summed E-state index contributed by atoms with van der Waals surface area (Å²) in [6.45, 7) is 9.00. The van der Waals surface area contributed by atoms with Crippen molar-refractivity contribution >= 4 is 8.32 Å². The van der Waals surface area contributed by atoms with Crippen LogP contribution in [-0.2, 0) is 4.43 Å². The molecule has 0 spiro atoms. The summed E-state index contributed by atoms with van der Waals surface area (Å²) in [6.07, 6.45) is 0. The zero-order valence-corrected chi connectivity index (χ0v) is 8.19. The molecule has 0 saturated carbocycles. The maximum atomic E-state index is 5.39. The Kier molecular flexibility index (Phi) is 3.44. The Morgan fingerprint density at radius 1 is 1.33 bits per heavy atom. The van der Waals surface area contributed by atoms with Crippen molar-refractivity contribution in [3.05, 3.63) is 0 Å². The van der Waals surface area contributed by atoms with Crippen molar-refractivity contribution in [2.75, 3.05) is 7.11 Å². The summed E-state index contributed by atoms with van der Waals surface area (Å²) in [6, 6.07) is 1.27. The minimum atomic E-state index is -1.24. The maximum Gasteiger partial charge on any atom is 0.186 e. The lowest BCUT2D eigenvalue weighted by Gasteiger charge is -2.21. The van der Waals surface area contributed by atoms with Crippen LogP contribution in [0.1, 0.15) is 13.8 Å². The van der Waals surface area contributed by atoms with Crippen LogP contribution in [0.3, 0.4) is 0 Å². The largest absolute Gasteiger partial charge is 0.420 e. The Morgan fingerprint density at radius 3 is 1.89 bits per heavy atom. The van der Waals surface area contributed by atoms with Gasteiger partial charge in [-0.2, -0.15) is 0 Å². The summed E-state index contributed by atoms with van der Waals surface area (Å²) in [5.74, 6) is 0.784. The third-order valence-corrected chi connectivity index (χ3v) is 4.36. The average molecular weight is 146 g/mol. The molecule has 0 atom stereocenters. The van der Waals surface area contributed by atoms with E-state index >= 15 is 0 Å². The van der Waals surface area contributed by atoms with Crippen molar-refractivity contribution in [1.82, 2.24) is 0 Å². The summed E-state index contributed by atoms with van der Waals surface area (Å²) in [4.78, 5) is 0. The molecule has 2 heteroatoms. The Bertz CT molecular complexity index is 79.0. The third kappa shape index (κ3) is 4.67. The van der Waals surface area contributed by atoms with Crippen molar-refractivity contribution in [3.8, 4) is 0 Å². The number of hydrogen-bond acceptors (Lipinski definition) is 1. The second-order valence-corrected chi connectivity index (χ2v) is 7.90. The van der Waals surface area contributed by atoms with Gasteiger partial charge in [-0.05, 0) is 25.1 Å². The van der Waals surface area contributed by atoms with Crippen LogP contribution in [0.5, 0.6) is 0 Å². The molecule has 0 radical (unpaired) electrons. The minimum Gasteiger partial charge on any atom is -0.420 e. The quantitative estimate of drug-likeness (QED) is 0.556. The van der Waals surface area contributed by atoms with Crippen LogP contribution in [0, 0.1) is 5.92 Å². The molecule has 0 aromatic rings. The lowest BCUT2D eigenvalue weighted by atomic mass is 10.3. The lowest BCUT2D eigenvalue weighted by molar-refractivity contribution is 0.396. The molecule has 0 amide bonds. The van der Waals surface area contributed by atoms with E-state index in [1.54, 1.807) is 0 Å². The molecule has 0 fully saturated rings. The molecule has 0 aromatic carbocycles. The molecule has 0 aliphatic carbocycles. The second-order valence-electron chi connectivity index (χ2n) is 3.56. The van der Waals surface area contributed by atoms with Gasteiger partial charge in [-0.15, -0.1) is 0 Å². The van der Waals surface area contributed by atoms with Crippen molar-refractivity contribution in [2.24, 2.45) is 5.92 Å². The van der Waals surface area contributed by atoms with Gasteiger partial charge in [0.05, 0.1) is 0 Å². The summed E-state index contributed by atoms with van der Waals surface area (Å²) in [5, 5.41) is 0. The van der Waals surface area contributed by atoms with Crippen LogP contribution in [0.4, 0.5) is 0 Å². The van der Waals surface area contributed by atoms with E-state index in [0.717, 1.165) is 5.92 Å². The number of hydrogen-bond donors (Lipinski definition) is 0. The Balaban J connectivity index is 3.58. The molecule has 0 rings (SSSR count). The minimum absolute atomic E-state index is 0.784. The van der Waals surface area contributed by atoms with Gasteiger partial charge >= 0.3 is 0 Å². The highest BCUT2D eigenvalue weighted by Crippen LogP contribution is 2.15. The summed E-state index contributed by atoms with van der Waals surface area (Å²) >= 11 is 0. The molecule has 0 aliphatic rings. The smallest absolute Gasteiger partial charge is 0.186 e. The van der Waals surface area contributed by atoms with Crippen molar-refractivity contribution in [2.45, 2.75) is 33.0 Å². The summed E-state index contributed by atoms with van der Waals surface area (Å²) < 4.78 is 5.39. The van der Waals surface area contributed by atoms with E-state index in [0.29, 0.717) is 0 Å². The molecule has 0 heterocycles. The Labute approximate surface area is 59.5 Å². The molecule has 1 nitrogen and oxygen atoms in total. The average Bonchev–Trinajstić information content (AvgIpc) is 1.63. The molecule has 0 aromatic heterocycles. The van der Waals surface area contributed by atoms with Crippen molar-refractivity contribution in [3.63, 3.8) is 0 Å². The van der Waals surface area contributed by atoms with Crippen LogP contribution >= 0.6 is 0 Å². The molecule has 56 valence electrons. The van der Waals surface area contributed by atoms with Gasteiger partial charge in [0, 0.05) is 7.11 Å². The summed E-state index contributed by atoms with van der Waals surface area (Å²) in [5.41, 5.74) is 0. The van der Waals surface area contributed by atoms with E-state index < -0.39 is 8.32 Å². The SMILES string of the molecule is CO[Si](C)(C)CC(C)C. The van der Waals surface area contributed by atoms with Gasteiger partial charge < -0.3 is 4.43 Å². The van der Waals surface area contributed by atoms with Gasteiger partial charge in [-0.3, -0.25) is 0 Å². The molecule has 0 bridgehead atoms. The first-order valence-corrected chi connectivity index (χ1v) is 6.64. The molecule has 0 aliphatic heterocycles. The van der Waals surface area contributed by atoms with E-state index in [9.17, 15) is 0 Å². The summed E-state index contributed by atoms with van der Waals surface area (Å²) in [7, 11) is 0.588. The van der Waals surface area contributed by atoms with E-state index in [-0.39, 0.29) is 0 Å². The molecule has 0 saturated heterocycles. The van der Waals surface area contributed by atoms with Crippen molar-refractivity contribution < 1.29 is 4.43 Å². The van der Waals surface area contributed by atoms with E-state index in [4.69, 9.17) is 4.43 Å². The first kappa shape index (κ1) is 9.18. The van der Waals surface area contributed by atoms with Gasteiger partial charge in [-0.25, -0.2) is 0 Å². The predicted octanol–water partition coefficient (Wildman–Crippen LogP) is 2.49. The van der Waals surface area contributed by atoms with Gasteiger partial charge in [-0.1, -0.05) is 13.8 Å². The zero-order valence-electron chi connectivity index (χ0n) is 7.19. The van der Waals surface area contributed by atoms with E-state index in [1.807, 2.05) is 7.11 Å². The fourth-order valence-electron chi connectivity index (χ4n) is 1.07. The van der Waals surface area contributed by atoms with Gasteiger partial charge in [0.2, 0.25) is 0 Å². The molecular formula is C7H18OSi. The molecular weight excluding hydrogens is 128 g/mol. The monoisotopic (exact) mass is 146 g/mol. The van der Waals surface area contributed by atoms with Crippen LogP contribution in [0.2, 0.25) is 19.1 Å². The van der Waals surface area contributed by atoms with Crippen LogP contribution in [-0.4, -0.2) is 15.4 Å². The highest BCUT2D eigenvalue weighted by atomic mass is 28.4. The topological polar surface area (TPSA) is 9.23 Å². The zero-order chi connectivity index (χ0) is 7.49. The highest BCUT2D eigenvalue weighted by Gasteiger charge is 2.21. The standard InChI is InChI=1S/C7H18OSi/c1-7(2)6-9(4,5)8-3/h7H,6H2,1-5H3. The van der Waals surface area contributed by atoms with E-state index in [1.165, 1.54) is 6.04 Å². The van der Waals surface area contributed by atoms with Gasteiger partial charge in [0.25, 0.3) is 0 Å². The molecule has 9 heavy (non-hydrogen) atoms. The second kappa shape index (κ2) is 3.37. The fraction of sp³-hybridized carbons (Fsp3) is 1.00. The van der Waals surface area contributed by atoms with Crippen LogP contribution in [0.25, 0.3) is 0 Å². The fourth-order valence-corrected chi connectivity index (χ4v) is 3.20. The van der Waals surface area contributed by atoms with Crippen molar-refractivity contribution in [1.29, 1.82) is 0 Å². The van der Waals surface area contributed by atoms with Crippen LogP contribution in [0.15, 0.2) is 0 Å². The first-order chi connectivity index (χ1) is 3.98. The highest BCUT2D eigenvalue weighted by molar-refractivity contribution is 6.71. The maximum absolute atomic E-state index is 5.39.